The number of rotatable bonds is 7. The molecular formula is C18H23FN4O4. The summed E-state index contributed by atoms with van der Waals surface area (Å²) >= 11 is 0. The highest BCUT2D eigenvalue weighted by Crippen LogP contribution is 2.27. The third kappa shape index (κ3) is 4.89. The van der Waals surface area contributed by atoms with E-state index < -0.39 is 23.3 Å². The van der Waals surface area contributed by atoms with Crippen LogP contribution >= 0.6 is 0 Å². The second-order valence-electron chi connectivity index (χ2n) is 6.42. The molecule has 3 N–H and O–H groups in total. The van der Waals surface area contributed by atoms with Crippen LogP contribution in [0.1, 0.15) is 28.8 Å². The molecule has 0 aliphatic carbocycles. The minimum atomic E-state index is -0.773. The van der Waals surface area contributed by atoms with Gasteiger partial charge in [-0.25, -0.2) is 9.37 Å². The molecule has 0 spiro atoms. The number of halogens is 1. The van der Waals surface area contributed by atoms with Gasteiger partial charge in [0.05, 0.1) is 6.42 Å². The van der Waals surface area contributed by atoms with Crippen LogP contribution in [0, 0.1) is 5.82 Å². The van der Waals surface area contributed by atoms with Crippen LogP contribution in [0.3, 0.4) is 0 Å². The summed E-state index contributed by atoms with van der Waals surface area (Å²) in [6, 6.07) is 5.61. The largest absolute Gasteiger partial charge is 0.501 e. The zero-order valence-electron chi connectivity index (χ0n) is 15.7. The molecule has 146 valence electrons. The van der Waals surface area contributed by atoms with Crippen molar-refractivity contribution in [3.05, 3.63) is 47.2 Å². The van der Waals surface area contributed by atoms with Gasteiger partial charge in [0.25, 0.3) is 11.8 Å². The van der Waals surface area contributed by atoms with E-state index in [0.29, 0.717) is 5.56 Å². The van der Waals surface area contributed by atoms with Crippen LogP contribution in [0.2, 0.25) is 0 Å². The van der Waals surface area contributed by atoms with E-state index in [4.69, 9.17) is 4.74 Å². The van der Waals surface area contributed by atoms with Crippen molar-refractivity contribution >= 4 is 5.91 Å². The molecule has 1 heterocycles. The number of ether oxygens (including phenoxy) is 1. The van der Waals surface area contributed by atoms with Crippen LogP contribution in [0.25, 0.3) is 0 Å². The zero-order valence-corrected chi connectivity index (χ0v) is 15.7. The molecule has 0 bridgehead atoms. The van der Waals surface area contributed by atoms with Gasteiger partial charge in [-0.15, -0.1) is 0 Å². The highest BCUT2D eigenvalue weighted by atomic mass is 19.1. The predicted octanol–water partition coefficient (Wildman–Crippen LogP) is 1.42. The van der Waals surface area contributed by atoms with Crippen LogP contribution in [0.15, 0.2) is 24.3 Å². The van der Waals surface area contributed by atoms with Crippen molar-refractivity contribution in [3.63, 3.8) is 0 Å². The average Bonchev–Trinajstić information content (AvgIpc) is 2.63. The minimum Gasteiger partial charge on any atom is -0.501 e. The number of amides is 1. The van der Waals surface area contributed by atoms with Gasteiger partial charge in [-0.2, -0.15) is 4.98 Å². The van der Waals surface area contributed by atoms with Crippen molar-refractivity contribution in [3.8, 4) is 11.6 Å². The van der Waals surface area contributed by atoms with E-state index in [0.717, 1.165) is 0 Å². The van der Waals surface area contributed by atoms with Gasteiger partial charge in [0.15, 0.2) is 5.69 Å². The topological polar surface area (TPSA) is 108 Å². The first kappa shape index (κ1) is 20.5. The molecule has 0 aliphatic rings. The lowest BCUT2D eigenvalue weighted by molar-refractivity contribution is -0.0998. The number of carbonyl (C=O) groups excluding carboxylic acids is 1. The van der Waals surface area contributed by atoms with Crippen LogP contribution in [0.4, 0.5) is 4.39 Å². The van der Waals surface area contributed by atoms with Crippen LogP contribution in [-0.4, -0.2) is 57.9 Å². The summed E-state index contributed by atoms with van der Waals surface area (Å²) in [6.07, 6.45) is 0.169. The number of nitrogens with zero attached hydrogens (tertiary/aromatic N) is 3. The van der Waals surface area contributed by atoms with E-state index >= 15 is 0 Å². The molecule has 1 amide bonds. The molecule has 0 saturated heterocycles. The van der Waals surface area contributed by atoms with Gasteiger partial charge in [0.2, 0.25) is 5.75 Å². The summed E-state index contributed by atoms with van der Waals surface area (Å²) < 4.78 is 18.4. The smallest absolute Gasteiger partial charge is 0.274 e. The van der Waals surface area contributed by atoms with Gasteiger partial charge in [-0.05, 0) is 38.7 Å². The van der Waals surface area contributed by atoms with Gasteiger partial charge in [-0.1, -0.05) is 12.1 Å². The number of hydrogen-bond acceptors (Lipinski definition) is 7. The zero-order chi connectivity index (χ0) is 20.2. The molecule has 2 aromatic rings. The molecule has 0 radical (unpaired) electrons. The molecule has 9 heteroatoms. The minimum absolute atomic E-state index is 0.103. The number of aromatic hydroxyl groups is 2. The molecule has 27 heavy (non-hydrogen) atoms. The summed E-state index contributed by atoms with van der Waals surface area (Å²) in [7, 11) is 5.14. The maximum absolute atomic E-state index is 12.9. The number of hydrogen-bond donors (Lipinski definition) is 3. The molecular weight excluding hydrogens is 355 g/mol. The first-order valence-corrected chi connectivity index (χ1v) is 8.20. The number of aromatic nitrogens is 2. The molecule has 2 rings (SSSR count). The Bertz CT molecular complexity index is 814. The first-order valence-electron chi connectivity index (χ1n) is 8.20. The van der Waals surface area contributed by atoms with E-state index in [-0.39, 0.29) is 30.3 Å². The van der Waals surface area contributed by atoms with Gasteiger partial charge in [0.1, 0.15) is 17.4 Å². The van der Waals surface area contributed by atoms with E-state index in [1.165, 1.54) is 31.4 Å². The average molecular weight is 378 g/mol. The predicted molar refractivity (Wildman–Crippen MR) is 95.7 cm³/mol. The Morgan fingerprint density at radius 2 is 1.89 bits per heavy atom. The van der Waals surface area contributed by atoms with Crippen molar-refractivity contribution in [2.75, 3.05) is 21.2 Å². The molecule has 0 aliphatic heterocycles. The third-order valence-electron chi connectivity index (χ3n) is 4.37. The van der Waals surface area contributed by atoms with Crippen molar-refractivity contribution in [1.82, 2.24) is 20.2 Å². The van der Waals surface area contributed by atoms with Crippen molar-refractivity contribution in [1.29, 1.82) is 0 Å². The van der Waals surface area contributed by atoms with Gasteiger partial charge < -0.3 is 20.3 Å². The Morgan fingerprint density at radius 1 is 1.26 bits per heavy atom. The fourth-order valence-electron chi connectivity index (χ4n) is 2.30. The molecule has 0 fully saturated rings. The molecule has 1 aromatic heterocycles. The fourth-order valence-corrected chi connectivity index (χ4v) is 2.30. The SMILES string of the molecule is COC(C)(Cc1nc(O)c(O)c(C(=O)NCc2ccc(F)cc2)n1)N(C)C. The first-order chi connectivity index (χ1) is 12.7. The number of nitrogens with one attached hydrogen (secondary N) is 1. The van der Waals surface area contributed by atoms with Gasteiger partial charge in [0, 0.05) is 13.7 Å². The molecule has 0 saturated carbocycles. The number of benzene rings is 1. The lowest BCUT2D eigenvalue weighted by Gasteiger charge is -2.34. The monoisotopic (exact) mass is 378 g/mol. The quantitative estimate of drug-likeness (QED) is 0.626. The Kier molecular flexibility index (Phi) is 6.29. The Hall–Kier alpha value is -2.78. The molecule has 1 unspecified atom stereocenters. The lowest BCUT2D eigenvalue weighted by Crippen LogP contribution is -2.45. The van der Waals surface area contributed by atoms with Crippen molar-refractivity contribution < 1.29 is 24.1 Å². The maximum atomic E-state index is 12.9. The summed E-state index contributed by atoms with van der Waals surface area (Å²) in [6.45, 7) is 1.90. The van der Waals surface area contributed by atoms with E-state index in [2.05, 4.69) is 15.3 Å². The Labute approximate surface area is 156 Å². The number of methoxy groups -OCH3 is 1. The lowest BCUT2D eigenvalue weighted by atomic mass is 10.1. The van der Waals surface area contributed by atoms with E-state index in [9.17, 15) is 19.4 Å². The Morgan fingerprint density at radius 3 is 2.44 bits per heavy atom. The summed E-state index contributed by atoms with van der Waals surface area (Å²) in [5.74, 6) is -2.34. The molecule has 1 atom stereocenters. The highest BCUT2D eigenvalue weighted by molar-refractivity contribution is 5.95. The molecule has 8 nitrogen and oxygen atoms in total. The fraction of sp³-hybridized carbons (Fsp3) is 0.389. The summed E-state index contributed by atoms with van der Waals surface area (Å²) in [5, 5.41) is 22.4. The standard InChI is InChI=1S/C18H23FN4O4/c1-18(27-4,23(2)3)9-13-21-14(15(24)17(26)22-13)16(25)20-10-11-5-7-12(19)8-6-11/h5-8,24H,9-10H2,1-4H3,(H,20,25)(H,21,22,26). The maximum Gasteiger partial charge on any atom is 0.274 e. The van der Waals surface area contributed by atoms with E-state index in [1.54, 1.807) is 25.9 Å². The van der Waals surface area contributed by atoms with E-state index in [1.807, 2.05) is 0 Å². The molecule has 1 aromatic carbocycles. The van der Waals surface area contributed by atoms with Crippen molar-refractivity contribution in [2.24, 2.45) is 0 Å². The van der Waals surface area contributed by atoms with Gasteiger partial charge in [-0.3, -0.25) is 9.69 Å². The second-order valence-corrected chi connectivity index (χ2v) is 6.42. The van der Waals surface area contributed by atoms with Gasteiger partial charge >= 0.3 is 0 Å². The van der Waals surface area contributed by atoms with Crippen LogP contribution in [-0.2, 0) is 17.7 Å². The highest BCUT2D eigenvalue weighted by Gasteiger charge is 2.30. The second kappa shape index (κ2) is 8.28. The normalized spacial score (nSPS) is 13.4. The number of likely N-dealkylation sites (N-methyl/N-ethyl adjacent to an activating group) is 1. The van der Waals surface area contributed by atoms with Crippen molar-refractivity contribution in [2.45, 2.75) is 25.6 Å². The van der Waals surface area contributed by atoms with Crippen LogP contribution < -0.4 is 5.32 Å². The summed E-state index contributed by atoms with van der Waals surface area (Å²) in [5.41, 5.74) is -0.454. The van der Waals surface area contributed by atoms with Crippen LogP contribution in [0.5, 0.6) is 11.6 Å². The third-order valence-corrected chi connectivity index (χ3v) is 4.37. The Balaban J connectivity index is 2.21. The number of carbonyl (C=O) groups is 1. The summed E-state index contributed by atoms with van der Waals surface area (Å²) in [4.78, 5) is 22.1.